The van der Waals surface area contributed by atoms with Crippen LogP contribution in [-0.4, -0.2) is 44.9 Å². The Morgan fingerprint density at radius 3 is 2.93 bits per heavy atom. The van der Waals surface area contributed by atoms with Crippen molar-refractivity contribution >= 4 is 17.6 Å². The molecule has 0 radical (unpaired) electrons. The number of hydrogen-bond acceptors (Lipinski definition) is 6. The van der Waals surface area contributed by atoms with Crippen LogP contribution in [0.5, 0.6) is 0 Å². The average molecular weight is 385 g/mol. The molecule has 0 bridgehead atoms. The quantitative estimate of drug-likeness (QED) is 0.786. The number of piperidine rings is 1. The third-order valence-corrected chi connectivity index (χ3v) is 4.84. The summed E-state index contributed by atoms with van der Waals surface area (Å²) in [6.45, 7) is 5.11. The molecule has 1 fully saturated rings. The van der Waals surface area contributed by atoms with Crippen LogP contribution in [0.2, 0.25) is 0 Å². The number of amides is 2. The molecule has 8 heteroatoms. The average Bonchev–Trinajstić information content (AvgIpc) is 3.16. The Bertz CT molecular complexity index is 802. The van der Waals surface area contributed by atoms with E-state index in [-0.39, 0.29) is 17.7 Å². The minimum atomic E-state index is -0.222. The molecule has 0 spiro atoms. The van der Waals surface area contributed by atoms with E-state index < -0.39 is 0 Å². The predicted octanol–water partition coefficient (Wildman–Crippen LogP) is 2.54. The van der Waals surface area contributed by atoms with Gasteiger partial charge < -0.3 is 14.7 Å². The molecule has 0 aliphatic carbocycles. The number of hydrogen-bond donors (Lipinski definition) is 1. The van der Waals surface area contributed by atoms with E-state index in [0.29, 0.717) is 43.5 Å². The number of carbonyl (C=O) groups is 2. The lowest BCUT2D eigenvalue weighted by atomic mass is 9.96. The van der Waals surface area contributed by atoms with Crippen LogP contribution in [0.3, 0.4) is 0 Å². The molecule has 3 rings (SSSR count). The van der Waals surface area contributed by atoms with Gasteiger partial charge in [-0.1, -0.05) is 18.1 Å². The van der Waals surface area contributed by atoms with Crippen molar-refractivity contribution in [3.63, 3.8) is 0 Å². The van der Waals surface area contributed by atoms with Crippen LogP contribution >= 0.6 is 0 Å². The van der Waals surface area contributed by atoms with Gasteiger partial charge in [-0.05, 0) is 37.8 Å². The summed E-state index contributed by atoms with van der Waals surface area (Å²) in [7, 11) is 0. The molecule has 1 aliphatic heterocycles. The molecular weight excluding hydrogens is 358 g/mol. The summed E-state index contributed by atoms with van der Waals surface area (Å²) < 4.78 is 5.19. The minimum absolute atomic E-state index is 0.0150. The van der Waals surface area contributed by atoms with Crippen LogP contribution < -0.4 is 5.32 Å². The predicted molar refractivity (Wildman–Crippen MR) is 104 cm³/mol. The standard InChI is InChI=1S/C20H27N5O3/c1-3-5-17-22-18(28-24-17)9-10-19(26)25-11-4-6-15(13-25)20(27)23-16-8-7-14(2)12-21-16/h7-8,12,15H,3-6,9-11,13H2,1-2H3,(H,21,23,27). The smallest absolute Gasteiger partial charge is 0.230 e. The first-order valence-corrected chi connectivity index (χ1v) is 9.88. The summed E-state index contributed by atoms with van der Waals surface area (Å²) in [4.78, 5) is 35.4. The van der Waals surface area contributed by atoms with Crippen LogP contribution in [0.1, 0.15) is 49.9 Å². The van der Waals surface area contributed by atoms with Crippen LogP contribution in [-0.2, 0) is 22.4 Å². The minimum Gasteiger partial charge on any atom is -0.342 e. The fourth-order valence-corrected chi connectivity index (χ4v) is 3.28. The highest BCUT2D eigenvalue weighted by Gasteiger charge is 2.28. The second-order valence-electron chi connectivity index (χ2n) is 7.24. The maximum Gasteiger partial charge on any atom is 0.230 e. The molecule has 0 saturated carbocycles. The molecule has 1 aliphatic rings. The van der Waals surface area contributed by atoms with Crippen molar-refractivity contribution in [2.45, 2.75) is 52.4 Å². The fraction of sp³-hybridized carbons (Fsp3) is 0.550. The molecule has 28 heavy (non-hydrogen) atoms. The normalized spacial score (nSPS) is 16.8. The van der Waals surface area contributed by atoms with Crippen molar-refractivity contribution in [3.05, 3.63) is 35.6 Å². The molecule has 8 nitrogen and oxygen atoms in total. The molecule has 1 unspecified atom stereocenters. The number of likely N-dealkylation sites (tertiary alicyclic amines) is 1. The first-order valence-electron chi connectivity index (χ1n) is 9.88. The fourth-order valence-electron chi connectivity index (χ4n) is 3.28. The first kappa shape index (κ1) is 20.0. The number of nitrogens with one attached hydrogen (secondary N) is 1. The van der Waals surface area contributed by atoms with E-state index in [2.05, 4.69) is 27.4 Å². The summed E-state index contributed by atoms with van der Waals surface area (Å²) >= 11 is 0. The van der Waals surface area contributed by atoms with Gasteiger partial charge in [0.15, 0.2) is 5.82 Å². The Morgan fingerprint density at radius 2 is 2.18 bits per heavy atom. The molecule has 1 N–H and O–H groups in total. The number of rotatable bonds is 7. The van der Waals surface area contributed by atoms with Gasteiger partial charge in [-0.3, -0.25) is 9.59 Å². The summed E-state index contributed by atoms with van der Waals surface area (Å²) in [6, 6.07) is 3.69. The highest BCUT2D eigenvalue weighted by atomic mass is 16.5. The Morgan fingerprint density at radius 1 is 1.32 bits per heavy atom. The monoisotopic (exact) mass is 385 g/mol. The lowest BCUT2D eigenvalue weighted by Gasteiger charge is -2.32. The first-order chi connectivity index (χ1) is 13.5. The second kappa shape index (κ2) is 9.43. The van der Waals surface area contributed by atoms with Crippen molar-refractivity contribution in [2.75, 3.05) is 18.4 Å². The van der Waals surface area contributed by atoms with Crippen molar-refractivity contribution in [1.29, 1.82) is 0 Å². The Kier molecular flexibility index (Phi) is 6.73. The number of nitrogens with zero attached hydrogens (tertiary/aromatic N) is 4. The lowest BCUT2D eigenvalue weighted by Crippen LogP contribution is -2.43. The van der Waals surface area contributed by atoms with E-state index >= 15 is 0 Å². The van der Waals surface area contributed by atoms with E-state index in [1.165, 1.54) is 0 Å². The number of pyridine rings is 1. The van der Waals surface area contributed by atoms with Gasteiger partial charge in [0.1, 0.15) is 5.82 Å². The van der Waals surface area contributed by atoms with Crippen LogP contribution in [0.4, 0.5) is 5.82 Å². The molecule has 1 saturated heterocycles. The molecule has 2 amide bonds. The van der Waals surface area contributed by atoms with Gasteiger partial charge in [0.2, 0.25) is 17.7 Å². The van der Waals surface area contributed by atoms with E-state index in [1.54, 1.807) is 17.2 Å². The number of carbonyl (C=O) groups excluding carboxylic acids is 2. The van der Waals surface area contributed by atoms with Crippen molar-refractivity contribution in [2.24, 2.45) is 5.92 Å². The van der Waals surface area contributed by atoms with E-state index in [1.807, 2.05) is 13.0 Å². The van der Waals surface area contributed by atoms with Crippen LogP contribution in [0.15, 0.2) is 22.9 Å². The van der Waals surface area contributed by atoms with Gasteiger partial charge in [-0.15, -0.1) is 0 Å². The zero-order valence-corrected chi connectivity index (χ0v) is 16.5. The van der Waals surface area contributed by atoms with E-state index in [9.17, 15) is 9.59 Å². The third kappa shape index (κ3) is 5.37. The molecular formula is C20H27N5O3. The summed E-state index contributed by atoms with van der Waals surface area (Å²) in [5.74, 6) is 1.42. The van der Waals surface area contributed by atoms with Crippen LogP contribution in [0, 0.1) is 12.8 Å². The maximum absolute atomic E-state index is 12.6. The zero-order chi connectivity index (χ0) is 19.9. The molecule has 150 valence electrons. The molecule has 2 aromatic heterocycles. The number of aryl methyl sites for hydroxylation is 3. The highest BCUT2D eigenvalue weighted by molar-refractivity contribution is 5.92. The van der Waals surface area contributed by atoms with Gasteiger partial charge in [0.05, 0.1) is 5.92 Å². The summed E-state index contributed by atoms with van der Waals surface area (Å²) in [5.41, 5.74) is 1.04. The topological polar surface area (TPSA) is 101 Å². The molecule has 3 heterocycles. The maximum atomic E-state index is 12.6. The SMILES string of the molecule is CCCc1noc(CCC(=O)N2CCCC(C(=O)Nc3ccc(C)cn3)C2)n1. The molecule has 0 aromatic carbocycles. The van der Waals surface area contributed by atoms with Crippen molar-refractivity contribution < 1.29 is 14.1 Å². The van der Waals surface area contributed by atoms with Crippen LogP contribution in [0.25, 0.3) is 0 Å². The highest BCUT2D eigenvalue weighted by Crippen LogP contribution is 2.19. The van der Waals surface area contributed by atoms with E-state index in [4.69, 9.17) is 4.52 Å². The van der Waals surface area contributed by atoms with Crippen molar-refractivity contribution in [3.8, 4) is 0 Å². The molecule has 2 aromatic rings. The zero-order valence-electron chi connectivity index (χ0n) is 16.5. The Labute approximate surface area is 164 Å². The summed E-state index contributed by atoms with van der Waals surface area (Å²) in [6.07, 6.45) is 5.76. The largest absolute Gasteiger partial charge is 0.342 e. The number of aromatic nitrogens is 3. The van der Waals surface area contributed by atoms with Gasteiger partial charge in [0.25, 0.3) is 0 Å². The number of anilines is 1. The Balaban J connectivity index is 1.49. The Hall–Kier alpha value is -2.77. The van der Waals surface area contributed by atoms with Gasteiger partial charge in [0, 0.05) is 38.5 Å². The third-order valence-electron chi connectivity index (χ3n) is 4.84. The summed E-state index contributed by atoms with van der Waals surface area (Å²) in [5, 5.41) is 6.76. The lowest BCUT2D eigenvalue weighted by molar-refractivity contribution is -0.134. The van der Waals surface area contributed by atoms with Gasteiger partial charge >= 0.3 is 0 Å². The van der Waals surface area contributed by atoms with Gasteiger partial charge in [-0.25, -0.2) is 4.98 Å². The van der Waals surface area contributed by atoms with Crippen molar-refractivity contribution in [1.82, 2.24) is 20.0 Å². The van der Waals surface area contributed by atoms with E-state index in [0.717, 1.165) is 31.2 Å². The van der Waals surface area contributed by atoms with Gasteiger partial charge in [-0.2, -0.15) is 4.98 Å². The second-order valence-corrected chi connectivity index (χ2v) is 7.24. The molecule has 1 atom stereocenters.